The van der Waals surface area contributed by atoms with Crippen molar-refractivity contribution in [2.24, 2.45) is 5.92 Å². The number of carbonyl (C=O) groups is 1. The molecule has 0 unspecified atom stereocenters. The van der Waals surface area contributed by atoms with Crippen LogP contribution in [0.15, 0.2) is 28.9 Å². The summed E-state index contributed by atoms with van der Waals surface area (Å²) in [5.74, 6) is 3.17. The third-order valence-electron chi connectivity index (χ3n) is 4.97. The van der Waals surface area contributed by atoms with E-state index in [0.717, 1.165) is 17.5 Å². The summed E-state index contributed by atoms with van der Waals surface area (Å²) in [6.45, 7) is 3.31. The van der Waals surface area contributed by atoms with Crippen LogP contribution in [0.4, 0.5) is 0 Å². The number of nitrogens with one attached hydrogen (secondary N) is 1. The summed E-state index contributed by atoms with van der Waals surface area (Å²) in [4.78, 5) is 14.9. The van der Waals surface area contributed by atoms with Crippen molar-refractivity contribution in [2.45, 2.75) is 18.9 Å². The van der Waals surface area contributed by atoms with Gasteiger partial charge in [-0.3, -0.25) is 4.79 Å². The number of fused-ring (bicyclic) bond motifs is 4. The van der Waals surface area contributed by atoms with Gasteiger partial charge in [0.15, 0.2) is 0 Å². The van der Waals surface area contributed by atoms with Gasteiger partial charge in [-0.25, -0.2) is 0 Å². The van der Waals surface area contributed by atoms with Crippen LogP contribution in [-0.4, -0.2) is 36.5 Å². The van der Waals surface area contributed by atoms with E-state index in [9.17, 15) is 4.79 Å². The zero-order valence-electron chi connectivity index (χ0n) is 12.3. The molecule has 1 amide bonds. The zero-order valence-corrected chi connectivity index (χ0v) is 12.3. The van der Waals surface area contributed by atoms with Gasteiger partial charge in [0, 0.05) is 23.5 Å². The molecule has 0 spiro atoms. The van der Waals surface area contributed by atoms with Crippen LogP contribution in [0.25, 0.3) is 11.0 Å². The number of carbonyl (C=O) groups excluding carboxylic acids is 1. The molecule has 1 N–H and O–H groups in total. The quantitative estimate of drug-likeness (QED) is 0.864. The standard InChI is InChI=1S/C18H18N2O2/c1-2-12-11-22-17-9-14(3-4-15(12)17)18(21)19-16-10-20-7-5-13(16)6-8-20/h1,3-4,9,11,13,16H,5-8,10H2,(H,19,21)/t16-/m0/s1. The highest BCUT2D eigenvalue weighted by molar-refractivity contribution is 5.98. The molecule has 4 heterocycles. The maximum absolute atomic E-state index is 12.5. The SMILES string of the molecule is C#Cc1coc2cc(C(=O)N[C@H]3CN4CCC3CC4)ccc12. The Kier molecular flexibility index (Phi) is 3.16. The lowest BCUT2D eigenvalue weighted by Gasteiger charge is -2.44. The van der Waals surface area contributed by atoms with Crippen LogP contribution >= 0.6 is 0 Å². The van der Waals surface area contributed by atoms with Gasteiger partial charge in [0.1, 0.15) is 11.8 Å². The molecular weight excluding hydrogens is 276 g/mol. The molecule has 2 bridgehead atoms. The largest absolute Gasteiger partial charge is 0.463 e. The molecule has 0 radical (unpaired) electrons. The molecular formula is C18H18N2O2. The number of hydrogen-bond donors (Lipinski definition) is 1. The number of benzene rings is 1. The fraction of sp³-hybridized carbons (Fsp3) is 0.389. The Labute approximate surface area is 129 Å². The van der Waals surface area contributed by atoms with Gasteiger partial charge in [0.05, 0.1) is 5.56 Å². The van der Waals surface area contributed by atoms with Crippen molar-refractivity contribution in [3.63, 3.8) is 0 Å². The van der Waals surface area contributed by atoms with Crippen LogP contribution in [0.1, 0.15) is 28.8 Å². The summed E-state index contributed by atoms with van der Waals surface area (Å²) in [6.07, 6.45) is 9.35. The third-order valence-corrected chi connectivity index (χ3v) is 4.97. The van der Waals surface area contributed by atoms with Crippen molar-refractivity contribution in [3.8, 4) is 12.3 Å². The summed E-state index contributed by atoms with van der Waals surface area (Å²) in [7, 11) is 0. The number of hydrogen-bond acceptors (Lipinski definition) is 3. The van der Waals surface area contributed by atoms with Crippen molar-refractivity contribution in [1.82, 2.24) is 10.2 Å². The Balaban J connectivity index is 1.54. The maximum Gasteiger partial charge on any atom is 0.251 e. The van der Waals surface area contributed by atoms with Crippen LogP contribution in [0.3, 0.4) is 0 Å². The number of nitrogens with zero attached hydrogens (tertiary/aromatic N) is 1. The molecule has 3 fully saturated rings. The van der Waals surface area contributed by atoms with Gasteiger partial charge >= 0.3 is 0 Å². The fourth-order valence-corrected chi connectivity index (χ4v) is 3.66. The Morgan fingerprint density at radius 3 is 2.86 bits per heavy atom. The zero-order chi connectivity index (χ0) is 15.1. The van der Waals surface area contributed by atoms with Gasteiger partial charge in [-0.2, -0.15) is 0 Å². The number of piperidine rings is 3. The van der Waals surface area contributed by atoms with Crippen molar-refractivity contribution in [1.29, 1.82) is 0 Å². The van der Waals surface area contributed by atoms with E-state index in [-0.39, 0.29) is 11.9 Å². The molecule has 3 aliphatic rings. The van der Waals surface area contributed by atoms with Gasteiger partial charge in [-0.15, -0.1) is 6.42 Å². The van der Waals surface area contributed by atoms with E-state index in [1.807, 2.05) is 12.1 Å². The van der Waals surface area contributed by atoms with E-state index in [1.165, 1.54) is 25.9 Å². The second-order valence-electron chi connectivity index (χ2n) is 6.22. The number of rotatable bonds is 2. The summed E-state index contributed by atoms with van der Waals surface area (Å²) in [6, 6.07) is 5.71. The lowest BCUT2D eigenvalue weighted by atomic mass is 9.84. The highest BCUT2D eigenvalue weighted by Crippen LogP contribution is 2.28. The average molecular weight is 294 g/mol. The summed E-state index contributed by atoms with van der Waals surface area (Å²) < 4.78 is 5.44. The molecule has 4 heteroatoms. The first-order chi connectivity index (χ1) is 10.7. The van der Waals surface area contributed by atoms with Gasteiger partial charge in [0.25, 0.3) is 5.91 Å². The van der Waals surface area contributed by atoms with E-state index in [4.69, 9.17) is 10.8 Å². The molecule has 3 aliphatic heterocycles. The Morgan fingerprint density at radius 1 is 1.36 bits per heavy atom. The molecule has 2 aromatic rings. The van der Waals surface area contributed by atoms with Crippen LogP contribution in [-0.2, 0) is 0 Å². The molecule has 0 aliphatic carbocycles. The minimum atomic E-state index is -0.0284. The van der Waals surface area contributed by atoms with Crippen molar-refractivity contribution in [2.75, 3.05) is 19.6 Å². The monoisotopic (exact) mass is 294 g/mol. The van der Waals surface area contributed by atoms with E-state index in [1.54, 1.807) is 12.3 Å². The number of amides is 1. The van der Waals surface area contributed by atoms with Crippen molar-refractivity contribution < 1.29 is 9.21 Å². The molecule has 3 saturated heterocycles. The smallest absolute Gasteiger partial charge is 0.251 e. The van der Waals surface area contributed by atoms with E-state index in [0.29, 0.717) is 17.1 Å². The van der Waals surface area contributed by atoms with E-state index < -0.39 is 0 Å². The second-order valence-corrected chi connectivity index (χ2v) is 6.22. The highest BCUT2D eigenvalue weighted by Gasteiger charge is 2.34. The second kappa shape index (κ2) is 5.19. The van der Waals surface area contributed by atoms with Gasteiger partial charge in [0.2, 0.25) is 0 Å². The maximum atomic E-state index is 12.5. The van der Waals surface area contributed by atoms with Gasteiger partial charge in [-0.1, -0.05) is 5.92 Å². The topological polar surface area (TPSA) is 45.5 Å². The fourth-order valence-electron chi connectivity index (χ4n) is 3.66. The predicted octanol–water partition coefficient (Wildman–Crippen LogP) is 2.24. The summed E-state index contributed by atoms with van der Waals surface area (Å²) in [5, 5.41) is 4.07. The van der Waals surface area contributed by atoms with Crippen molar-refractivity contribution >= 4 is 16.9 Å². The molecule has 4 nitrogen and oxygen atoms in total. The Morgan fingerprint density at radius 2 is 2.18 bits per heavy atom. The first-order valence-electron chi connectivity index (χ1n) is 7.75. The lowest BCUT2D eigenvalue weighted by Crippen LogP contribution is -2.57. The minimum Gasteiger partial charge on any atom is -0.463 e. The first-order valence-corrected chi connectivity index (χ1v) is 7.75. The van der Waals surface area contributed by atoms with Crippen LogP contribution in [0.5, 0.6) is 0 Å². The molecule has 0 saturated carbocycles. The minimum absolute atomic E-state index is 0.0284. The van der Waals surface area contributed by atoms with Crippen molar-refractivity contribution in [3.05, 3.63) is 35.6 Å². The summed E-state index contributed by atoms with van der Waals surface area (Å²) in [5.41, 5.74) is 2.01. The Hall–Kier alpha value is -2.25. The molecule has 1 aromatic carbocycles. The van der Waals surface area contributed by atoms with E-state index in [2.05, 4.69) is 16.1 Å². The number of terminal acetylenes is 1. The average Bonchev–Trinajstić information content (AvgIpc) is 2.98. The molecule has 112 valence electrons. The number of furan rings is 1. The van der Waals surface area contributed by atoms with Crippen LogP contribution in [0, 0.1) is 18.3 Å². The van der Waals surface area contributed by atoms with Gasteiger partial charge < -0.3 is 14.6 Å². The van der Waals surface area contributed by atoms with Crippen LogP contribution in [0.2, 0.25) is 0 Å². The molecule has 5 rings (SSSR count). The molecule has 1 atom stereocenters. The highest BCUT2D eigenvalue weighted by atomic mass is 16.3. The third kappa shape index (κ3) is 2.18. The van der Waals surface area contributed by atoms with E-state index >= 15 is 0 Å². The first kappa shape index (κ1) is 13.4. The lowest BCUT2D eigenvalue weighted by molar-refractivity contribution is 0.0620. The van der Waals surface area contributed by atoms with Gasteiger partial charge in [-0.05, 0) is 50.0 Å². The molecule has 22 heavy (non-hydrogen) atoms. The van der Waals surface area contributed by atoms with Crippen LogP contribution < -0.4 is 5.32 Å². The Bertz CT molecular complexity index is 763. The summed E-state index contributed by atoms with van der Waals surface area (Å²) >= 11 is 0. The predicted molar refractivity (Wildman–Crippen MR) is 84.6 cm³/mol. The normalized spacial score (nSPS) is 26.8. The molecule has 1 aromatic heterocycles.